The molecule has 1 atom stereocenters. The van der Waals surface area contributed by atoms with Gasteiger partial charge in [0.25, 0.3) is 0 Å². The van der Waals surface area contributed by atoms with Crippen LogP contribution in [0.4, 0.5) is 0 Å². The molecule has 100 valence electrons. The average molecular weight is 250 g/mol. The van der Waals surface area contributed by atoms with Crippen molar-refractivity contribution >= 4 is 5.91 Å². The lowest BCUT2D eigenvalue weighted by Crippen LogP contribution is -2.23. The van der Waals surface area contributed by atoms with Crippen LogP contribution in [0.25, 0.3) is 0 Å². The van der Waals surface area contributed by atoms with E-state index in [1.807, 2.05) is 12.1 Å². The molecule has 1 unspecified atom stereocenters. The molecule has 1 rings (SSSR count). The van der Waals surface area contributed by atoms with E-state index in [9.17, 15) is 4.79 Å². The maximum absolute atomic E-state index is 10.5. The van der Waals surface area contributed by atoms with Crippen LogP contribution in [0.15, 0.2) is 24.3 Å². The molecule has 0 radical (unpaired) electrons. The Morgan fingerprint density at radius 2 is 1.89 bits per heavy atom. The molecule has 1 amide bonds. The zero-order chi connectivity index (χ0) is 13.5. The first-order valence-electron chi connectivity index (χ1n) is 6.19. The van der Waals surface area contributed by atoms with E-state index in [0.29, 0.717) is 12.5 Å². The van der Waals surface area contributed by atoms with Crippen LogP contribution in [-0.4, -0.2) is 19.1 Å². The molecule has 4 N–H and O–H groups in total. The average Bonchev–Trinajstić information content (AvgIpc) is 2.28. The SMILES string of the molecule is CC(C)Cc1ccc(C(N)COCC(N)=O)cc1. The molecule has 1 aromatic rings. The lowest BCUT2D eigenvalue weighted by Gasteiger charge is -2.13. The number of ether oxygens (including phenoxy) is 1. The third-order valence-electron chi connectivity index (χ3n) is 2.59. The van der Waals surface area contributed by atoms with Gasteiger partial charge in [0.1, 0.15) is 6.61 Å². The van der Waals surface area contributed by atoms with Crippen molar-refractivity contribution in [1.29, 1.82) is 0 Å². The molecule has 0 spiro atoms. The second-order valence-corrected chi connectivity index (χ2v) is 4.93. The Labute approximate surface area is 108 Å². The Balaban J connectivity index is 2.48. The predicted molar refractivity (Wildman–Crippen MR) is 71.9 cm³/mol. The minimum absolute atomic E-state index is 0.0842. The first-order valence-corrected chi connectivity index (χ1v) is 6.19. The maximum Gasteiger partial charge on any atom is 0.243 e. The number of rotatable bonds is 7. The highest BCUT2D eigenvalue weighted by Gasteiger charge is 2.07. The van der Waals surface area contributed by atoms with Gasteiger partial charge in [-0.05, 0) is 23.5 Å². The quantitative estimate of drug-likeness (QED) is 0.767. The van der Waals surface area contributed by atoms with Crippen molar-refractivity contribution in [3.05, 3.63) is 35.4 Å². The van der Waals surface area contributed by atoms with Crippen LogP contribution < -0.4 is 11.5 Å². The highest BCUT2D eigenvalue weighted by atomic mass is 16.5. The monoisotopic (exact) mass is 250 g/mol. The summed E-state index contributed by atoms with van der Waals surface area (Å²) in [5.41, 5.74) is 13.2. The van der Waals surface area contributed by atoms with Crippen molar-refractivity contribution in [2.75, 3.05) is 13.2 Å². The van der Waals surface area contributed by atoms with Crippen molar-refractivity contribution in [3.63, 3.8) is 0 Å². The predicted octanol–water partition coefficient (Wildman–Crippen LogP) is 1.39. The van der Waals surface area contributed by atoms with E-state index in [-0.39, 0.29) is 12.6 Å². The van der Waals surface area contributed by atoms with Crippen LogP contribution in [0, 0.1) is 5.92 Å². The number of benzene rings is 1. The van der Waals surface area contributed by atoms with Crippen molar-refractivity contribution in [1.82, 2.24) is 0 Å². The van der Waals surface area contributed by atoms with E-state index in [1.165, 1.54) is 5.56 Å². The van der Waals surface area contributed by atoms with Crippen molar-refractivity contribution < 1.29 is 9.53 Å². The fourth-order valence-electron chi connectivity index (χ4n) is 1.76. The van der Waals surface area contributed by atoms with Gasteiger partial charge in [0.2, 0.25) is 5.91 Å². The number of carbonyl (C=O) groups is 1. The minimum Gasteiger partial charge on any atom is -0.370 e. The Hall–Kier alpha value is -1.39. The molecule has 0 aliphatic rings. The Morgan fingerprint density at radius 1 is 1.28 bits per heavy atom. The van der Waals surface area contributed by atoms with Crippen LogP contribution in [0.3, 0.4) is 0 Å². The highest BCUT2D eigenvalue weighted by molar-refractivity contribution is 5.74. The molecule has 0 aromatic heterocycles. The first-order chi connectivity index (χ1) is 8.49. The van der Waals surface area contributed by atoms with Gasteiger partial charge in [-0.3, -0.25) is 4.79 Å². The number of primary amides is 1. The van der Waals surface area contributed by atoms with Crippen LogP contribution in [-0.2, 0) is 16.0 Å². The molecule has 4 heteroatoms. The largest absolute Gasteiger partial charge is 0.370 e. The van der Waals surface area contributed by atoms with E-state index >= 15 is 0 Å². The van der Waals surface area contributed by atoms with Crippen LogP contribution in [0.1, 0.15) is 31.0 Å². The van der Waals surface area contributed by atoms with Gasteiger partial charge in [0, 0.05) is 0 Å². The van der Waals surface area contributed by atoms with E-state index in [1.54, 1.807) is 0 Å². The zero-order valence-corrected chi connectivity index (χ0v) is 11.1. The van der Waals surface area contributed by atoms with E-state index in [2.05, 4.69) is 26.0 Å². The van der Waals surface area contributed by atoms with Gasteiger partial charge >= 0.3 is 0 Å². The summed E-state index contributed by atoms with van der Waals surface area (Å²) in [6.45, 7) is 4.60. The molecular weight excluding hydrogens is 228 g/mol. The fourth-order valence-corrected chi connectivity index (χ4v) is 1.76. The lowest BCUT2D eigenvalue weighted by atomic mass is 10.00. The van der Waals surface area contributed by atoms with Crippen molar-refractivity contribution in [3.8, 4) is 0 Å². The summed E-state index contributed by atoms with van der Waals surface area (Å²) in [6.07, 6.45) is 1.06. The number of hydrogen-bond donors (Lipinski definition) is 2. The normalized spacial score (nSPS) is 12.7. The molecule has 0 aliphatic heterocycles. The molecule has 18 heavy (non-hydrogen) atoms. The van der Waals surface area contributed by atoms with Gasteiger partial charge in [-0.25, -0.2) is 0 Å². The minimum atomic E-state index is -0.477. The summed E-state index contributed by atoms with van der Waals surface area (Å²) in [4.78, 5) is 10.5. The topological polar surface area (TPSA) is 78.3 Å². The van der Waals surface area contributed by atoms with Gasteiger partial charge in [-0.1, -0.05) is 38.1 Å². The van der Waals surface area contributed by atoms with Gasteiger partial charge in [0.05, 0.1) is 12.6 Å². The number of hydrogen-bond acceptors (Lipinski definition) is 3. The van der Waals surface area contributed by atoms with Crippen LogP contribution in [0.5, 0.6) is 0 Å². The summed E-state index contributed by atoms with van der Waals surface area (Å²) in [6, 6.07) is 7.97. The van der Waals surface area contributed by atoms with Gasteiger partial charge in [0.15, 0.2) is 0 Å². The first kappa shape index (κ1) is 14.7. The fraction of sp³-hybridized carbons (Fsp3) is 0.500. The van der Waals surface area contributed by atoms with Gasteiger partial charge < -0.3 is 16.2 Å². The van der Waals surface area contributed by atoms with E-state index in [0.717, 1.165) is 12.0 Å². The molecular formula is C14H22N2O2. The van der Waals surface area contributed by atoms with E-state index < -0.39 is 5.91 Å². The summed E-state index contributed by atoms with van der Waals surface area (Å²) < 4.78 is 5.11. The van der Waals surface area contributed by atoms with Crippen molar-refractivity contribution in [2.45, 2.75) is 26.3 Å². The number of carbonyl (C=O) groups excluding carboxylic acids is 1. The maximum atomic E-state index is 10.5. The van der Waals surface area contributed by atoms with Gasteiger partial charge in [-0.2, -0.15) is 0 Å². The molecule has 0 fully saturated rings. The highest BCUT2D eigenvalue weighted by Crippen LogP contribution is 2.14. The second kappa shape index (κ2) is 7.13. The molecule has 0 heterocycles. The third-order valence-corrected chi connectivity index (χ3v) is 2.59. The Bertz CT molecular complexity index is 374. The summed E-state index contributed by atoms with van der Waals surface area (Å²) in [5, 5.41) is 0. The third kappa shape index (κ3) is 5.29. The molecule has 0 aliphatic carbocycles. The molecule has 0 bridgehead atoms. The van der Waals surface area contributed by atoms with E-state index in [4.69, 9.17) is 16.2 Å². The zero-order valence-electron chi connectivity index (χ0n) is 11.1. The molecule has 0 saturated heterocycles. The van der Waals surface area contributed by atoms with Gasteiger partial charge in [-0.15, -0.1) is 0 Å². The lowest BCUT2D eigenvalue weighted by molar-refractivity contribution is -0.122. The number of amides is 1. The van der Waals surface area contributed by atoms with Crippen LogP contribution >= 0.6 is 0 Å². The second-order valence-electron chi connectivity index (χ2n) is 4.93. The Kier molecular flexibility index (Phi) is 5.82. The Morgan fingerprint density at radius 3 is 2.39 bits per heavy atom. The number of nitrogens with two attached hydrogens (primary N) is 2. The molecule has 0 saturated carbocycles. The summed E-state index contributed by atoms with van der Waals surface area (Å²) >= 11 is 0. The molecule has 4 nitrogen and oxygen atoms in total. The summed E-state index contributed by atoms with van der Waals surface area (Å²) in [7, 11) is 0. The summed E-state index contributed by atoms with van der Waals surface area (Å²) in [5.74, 6) is 0.165. The molecule has 1 aromatic carbocycles. The van der Waals surface area contributed by atoms with Crippen LogP contribution in [0.2, 0.25) is 0 Å². The van der Waals surface area contributed by atoms with Crippen molar-refractivity contribution in [2.24, 2.45) is 17.4 Å². The standard InChI is InChI=1S/C14H22N2O2/c1-10(2)7-11-3-5-12(6-4-11)13(15)8-18-9-14(16)17/h3-6,10,13H,7-9,15H2,1-2H3,(H2,16,17). The smallest absolute Gasteiger partial charge is 0.243 e.